The van der Waals surface area contributed by atoms with E-state index < -0.39 is 10.0 Å². The molecule has 0 aliphatic heterocycles. The van der Waals surface area contributed by atoms with E-state index in [2.05, 4.69) is 15.0 Å². The molecule has 1 heterocycles. The van der Waals surface area contributed by atoms with Crippen LogP contribution in [0.5, 0.6) is 0 Å². The average molecular weight is 373 g/mol. The molecule has 3 rings (SSSR count). The number of sulfonamides is 1. The van der Waals surface area contributed by atoms with Crippen LogP contribution in [0.3, 0.4) is 0 Å². The number of benzene rings is 2. The van der Waals surface area contributed by atoms with Crippen LogP contribution in [0.4, 0.5) is 5.69 Å². The Balaban J connectivity index is 1.67. The predicted octanol–water partition coefficient (Wildman–Crippen LogP) is 2.62. The number of aromatic nitrogens is 1. The Kier molecular flexibility index (Phi) is 5.06. The SMILES string of the molecule is CNS(=O)(=O)c1cc(NC(=O)CCc2nc3ccccc3o2)ccc1C. The third kappa shape index (κ3) is 3.92. The lowest BCUT2D eigenvalue weighted by Crippen LogP contribution is -2.20. The number of aryl methyl sites for hydroxylation is 2. The van der Waals surface area contributed by atoms with Crippen molar-refractivity contribution in [2.24, 2.45) is 0 Å². The minimum Gasteiger partial charge on any atom is -0.441 e. The molecule has 0 unspecified atom stereocenters. The number of para-hydroxylation sites is 2. The van der Waals surface area contributed by atoms with Gasteiger partial charge in [-0.1, -0.05) is 18.2 Å². The standard InChI is InChI=1S/C18H19N3O4S/c1-12-7-8-13(11-16(12)26(23,24)19-2)20-17(22)9-10-18-21-14-5-3-4-6-15(14)25-18/h3-8,11,19H,9-10H2,1-2H3,(H,20,22). The molecule has 0 aliphatic rings. The Labute approximate surface area is 151 Å². The van der Waals surface area contributed by atoms with Crippen LogP contribution in [0.2, 0.25) is 0 Å². The molecule has 0 fully saturated rings. The van der Waals surface area contributed by atoms with Gasteiger partial charge in [-0.3, -0.25) is 4.79 Å². The van der Waals surface area contributed by atoms with E-state index in [9.17, 15) is 13.2 Å². The van der Waals surface area contributed by atoms with E-state index in [4.69, 9.17) is 4.42 Å². The van der Waals surface area contributed by atoms with Crippen LogP contribution < -0.4 is 10.0 Å². The van der Waals surface area contributed by atoms with Crippen molar-refractivity contribution in [3.8, 4) is 0 Å². The summed E-state index contributed by atoms with van der Waals surface area (Å²) in [4.78, 5) is 16.6. The Hall–Kier alpha value is -2.71. The van der Waals surface area contributed by atoms with E-state index in [1.165, 1.54) is 13.1 Å². The van der Waals surface area contributed by atoms with Crippen molar-refractivity contribution >= 4 is 32.7 Å². The monoisotopic (exact) mass is 373 g/mol. The van der Waals surface area contributed by atoms with Crippen LogP contribution in [-0.4, -0.2) is 26.4 Å². The minimum absolute atomic E-state index is 0.136. The topological polar surface area (TPSA) is 101 Å². The number of carbonyl (C=O) groups is 1. The maximum Gasteiger partial charge on any atom is 0.240 e. The van der Waals surface area contributed by atoms with Crippen LogP contribution in [0.25, 0.3) is 11.1 Å². The molecule has 0 spiro atoms. The Morgan fingerprint density at radius 3 is 2.69 bits per heavy atom. The van der Waals surface area contributed by atoms with Gasteiger partial charge >= 0.3 is 0 Å². The molecule has 0 saturated heterocycles. The number of anilines is 1. The van der Waals surface area contributed by atoms with Crippen molar-refractivity contribution in [1.29, 1.82) is 0 Å². The van der Waals surface area contributed by atoms with Gasteiger partial charge in [0.1, 0.15) is 5.52 Å². The number of fused-ring (bicyclic) bond motifs is 1. The van der Waals surface area contributed by atoms with Crippen LogP contribution in [0.1, 0.15) is 17.9 Å². The molecule has 2 aromatic carbocycles. The Bertz CT molecular complexity index is 1020. The molecule has 0 aliphatic carbocycles. The smallest absolute Gasteiger partial charge is 0.240 e. The van der Waals surface area contributed by atoms with Gasteiger partial charge in [0, 0.05) is 18.5 Å². The molecular weight excluding hydrogens is 354 g/mol. The van der Waals surface area contributed by atoms with Gasteiger partial charge in [0.25, 0.3) is 0 Å². The van der Waals surface area contributed by atoms with E-state index in [1.807, 2.05) is 24.3 Å². The molecule has 3 aromatic rings. The first kappa shape index (κ1) is 18.1. The summed E-state index contributed by atoms with van der Waals surface area (Å²) in [7, 11) is -2.24. The second-order valence-corrected chi connectivity index (χ2v) is 7.67. The van der Waals surface area contributed by atoms with Gasteiger partial charge < -0.3 is 9.73 Å². The first-order valence-corrected chi connectivity index (χ1v) is 9.56. The normalized spacial score (nSPS) is 11.6. The fourth-order valence-electron chi connectivity index (χ4n) is 2.55. The van der Waals surface area contributed by atoms with Crippen molar-refractivity contribution in [1.82, 2.24) is 9.71 Å². The molecule has 0 saturated carbocycles. The lowest BCUT2D eigenvalue weighted by atomic mass is 10.2. The van der Waals surface area contributed by atoms with E-state index in [-0.39, 0.29) is 17.2 Å². The molecule has 7 nitrogen and oxygen atoms in total. The van der Waals surface area contributed by atoms with Crippen molar-refractivity contribution in [2.75, 3.05) is 12.4 Å². The second kappa shape index (κ2) is 7.27. The zero-order valence-electron chi connectivity index (χ0n) is 14.4. The maximum absolute atomic E-state index is 12.2. The largest absolute Gasteiger partial charge is 0.441 e. The maximum atomic E-state index is 12.2. The highest BCUT2D eigenvalue weighted by molar-refractivity contribution is 7.89. The zero-order valence-corrected chi connectivity index (χ0v) is 15.3. The summed E-state index contributed by atoms with van der Waals surface area (Å²) in [6.45, 7) is 1.70. The van der Waals surface area contributed by atoms with E-state index in [0.29, 0.717) is 29.1 Å². The van der Waals surface area contributed by atoms with E-state index in [0.717, 1.165) is 5.52 Å². The van der Waals surface area contributed by atoms with Gasteiger partial charge in [-0.05, 0) is 43.8 Å². The zero-order chi connectivity index (χ0) is 18.7. The molecule has 1 aromatic heterocycles. The third-order valence-corrected chi connectivity index (χ3v) is 5.49. The lowest BCUT2D eigenvalue weighted by molar-refractivity contribution is -0.116. The summed E-state index contributed by atoms with van der Waals surface area (Å²) in [6.07, 6.45) is 0.531. The average Bonchev–Trinajstić information content (AvgIpc) is 3.04. The molecule has 26 heavy (non-hydrogen) atoms. The molecule has 0 atom stereocenters. The van der Waals surface area contributed by atoms with E-state index >= 15 is 0 Å². The van der Waals surface area contributed by atoms with Gasteiger partial charge in [-0.2, -0.15) is 0 Å². The number of oxazole rings is 1. The van der Waals surface area contributed by atoms with Gasteiger partial charge in [0.05, 0.1) is 4.90 Å². The highest BCUT2D eigenvalue weighted by Gasteiger charge is 2.16. The summed E-state index contributed by atoms with van der Waals surface area (Å²) >= 11 is 0. The van der Waals surface area contributed by atoms with Gasteiger partial charge in [-0.15, -0.1) is 0 Å². The van der Waals surface area contributed by atoms with Gasteiger partial charge in [0.15, 0.2) is 11.5 Å². The quantitative estimate of drug-likeness (QED) is 0.692. The molecular formula is C18H19N3O4S. The van der Waals surface area contributed by atoms with Crippen molar-refractivity contribution in [3.05, 3.63) is 53.9 Å². The summed E-state index contributed by atoms with van der Waals surface area (Å²) in [6, 6.07) is 12.2. The summed E-state index contributed by atoms with van der Waals surface area (Å²) in [5.74, 6) is 0.243. The molecule has 2 N–H and O–H groups in total. The summed E-state index contributed by atoms with van der Waals surface area (Å²) in [5, 5.41) is 2.71. The van der Waals surface area contributed by atoms with Gasteiger partial charge in [0.2, 0.25) is 15.9 Å². The van der Waals surface area contributed by atoms with Gasteiger partial charge in [-0.25, -0.2) is 18.1 Å². The van der Waals surface area contributed by atoms with Crippen molar-refractivity contribution in [2.45, 2.75) is 24.7 Å². The minimum atomic E-state index is -3.58. The lowest BCUT2D eigenvalue weighted by Gasteiger charge is -2.10. The molecule has 0 radical (unpaired) electrons. The van der Waals surface area contributed by atoms with Crippen LogP contribution in [0.15, 0.2) is 51.8 Å². The summed E-state index contributed by atoms with van der Waals surface area (Å²) < 4.78 is 31.9. The number of rotatable bonds is 6. The Morgan fingerprint density at radius 2 is 1.96 bits per heavy atom. The Morgan fingerprint density at radius 1 is 1.19 bits per heavy atom. The number of hydrogen-bond acceptors (Lipinski definition) is 5. The number of amides is 1. The fourth-order valence-corrected chi connectivity index (χ4v) is 3.54. The highest BCUT2D eigenvalue weighted by atomic mass is 32.2. The van der Waals surface area contributed by atoms with Crippen LogP contribution in [-0.2, 0) is 21.2 Å². The van der Waals surface area contributed by atoms with Crippen molar-refractivity contribution in [3.63, 3.8) is 0 Å². The number of carbonyl (C=O) groups excluding carboxylic acids is 1. The number of nitrogens with zero attached hydrogens (tertiary/aromatic N) is 1. The first-order valence-electron chi connectivity index (χ1n) is 8.07. The van der Waals surface area contributed by atoms with Crippen LogP contribution >= 0.6 is 0 Å². The summed E-state index contributed by atoms with van der Waals surface area (Å²) in [5.41, 5.74) is 2.46. The predicted molar refractivity (Wildman–Crippen MR) is 98.4 cm³/mol. The van der Waals surface area contributed by atoms with E-state index in [1.54, 1.807) is 19.1 Å². The van der Waals surface area contributed by atoms with Crippen molar-refractivity contribution < 1.29 is 17.6 Å². The fraction of sp³-hybridized carbons (Fsp3) is 0.222. The number of hydrogen-bond donors (Lipinski definition) is 2. The molecule has 136 valence electrons. The highest BCUT2D eigenvalue weighted by Crippen LogP contribution is 2.20. The first-order chi connectivity index (χ1) is 12.4. The molecule has 8 heteroatoms. The van der Waals surface area contributed by atoms with Crippen LogP contribution in [0, 0.1) is 6.92 Å². The third-order valence-electron chi connectivity index (χ3n) is 3.93. The molecule has 1 amide bonds. The second-order valence-electron chi connectivity index (χ2n) is 5.81. The molecule has 0 bridgehead atoms. The number of nitrogens with one attached hydrogen (secondary N) is 2.